The number of halogens is 1. The van der Waals surface area contributed by atoms with Crippen LogP contribution < -0.4 is 23.2 Å². The zero-order valence-electron chi connectivity index (χ0n) is 13.1. The number of rotatable bonds is 2. The second-order valence-corrected chi connectivity index (χ2v) is 5.77. The van der Waals surface area contributed by atoms with Crippen LogP contribution in [0.2, 0.25) is 0 Å². The molecule has 7 nitrogen and oxygen atoms in total. The molecule has 0 saturated carbocycles. The van der Waals surface area contributed by atoms with Crippen molar-refractivity contribution in [1.82, 2.24) is 9.97 Å². The molecular formula is C16H16ClN3O4. The van der Waals surface area contributed by atoms with Crippen molar-refractivity contribution in [2.45, 2.75) is 13.8 Å². The third-order valence-corrected chi connectivity index (χ3v) is 3.24. The molecule has 0 aliphatic heterocycles. The summed E-state index contributed by atoms with van der Waals surface area (Å²) in [6.07, 6.45) is 3.61. The molecule has 0 saturated heterocycles. The number of benzene rings is 1. The first-order valence-electron chi connectivity index (χ1n) is 6.96. The van der Waals surface area contributed by atoms with Gasteiger partial charge in [0.1, 0.15) is 6.20 Å². The molecule has 0 atom stereocenters. The Hall–Kier alpha value is -2.29. The molecule has 0 fully saturated rings. The SMILES string of the molecule is Cc1cc(-c2ccccc2)cc(C)[n+]1-c1ncc[nH]1.[O-][Cl+3]([O-])([O-])[O-]. The molecule has 126 valence electrons. The van der Waals surface area contributed by atoms with E-state index in [1.807, 2.05) is 12.3 Å². The molecule has 0 aliphatic carbocycles. The summed E-state index contributed by atoms with van der Waals surface area (Å²) in [5.74, 6) is 0.856. The first-order valence-corrected chi connectivity index (χ1v) is 8.19. The maximum absolute atomic E-state index is 8.49. The summed E-state index contributed by atoms with van der Waals surface area (Å²) in [5.41, 5.74) is 4.79. The lowest BCUT2D eigenvalue weighted by Gasteiger charge is -2.17. The maximum Gasteiger partial charge on any atom is 0.401 e. The number of pyridine rings is 1. The number of hydrogen-bond acceptors (Lipinski definition) is 5. The predicted molar refractivity (Wildman–Crippen MR) is 75.0 cm³/mol. The normalized spacial score (nSPS) is 10.9. The number of hydrogen-bond donors (Lipinski definition) is 1. The van der Waals surface area contributed by atoms with Crippen LogP contribution in [0.4, 0.5) is 0 Å². The molecule has 3 rings (SSSR count). The van der Waals surface area contributed by atoms with Gasteiger partial charge < -0.3 is 0 Å². The third kappa shape index (κ3) is 5.12. The van der Waals surface area contributed by atoms with Gasteiger partial charge in [0.05, 0.1) is 17.6 Å². The number of aromatic amines is 1. The van der Waals surface area contributed by atoms with E-state index in [4.69, 9.17) is 18.6 Å². The van der Waals surface area contributed by atoms with E-state index in [0.717, 1.165) is 17.3 Å². The predicted octanol–water partition coefficient (Wildman–Crippen LogP) is -1.79. The quantitative estimate of drug-likeness (QED) is 0.547. The number of H-pyrrole nitrogens is 1. The zero-order valence-corrected chi connectivity index (χ0v) is 13.9. The van der Waals surface area contributed by atoms with Crippen molar-refractivity contribution in [3.63, 3.8) is 0 Å². The first-order chi connectivity index (χ1) is 11.3. The molecule has 0 amide bonds. The molecule has 2 heterocycles. The summed E-state index contributed by atoms with van der Waals surface area (Å²) in [4.78, 5) is 7.46. The minimum Gasteiger partial charge on any atom is -0.245 e. The molecule has 3 aromatic rings. The largest absolute Gasteiger partial charge is 0.401 e. The Bertz CT molecular complexity index is 758. The molecule has 0 unspecified atom stereocenters. The van der Waals surface area contributed by atoms with Gasteiger partial charge >= 0.3 is 5.95 Å². The highest BCUT2D eigenvalue weighted by atomic mass is 35.7. The van der Waals surface area contributed by atoms with Crippen molar-refractivity contribution >= 4 is 0 Å². The van der Waals surface area contributed by atoms with Gasteiger partial charge in [0.2, 0.25) is 0 Å². The van der Waals surface area contributed by atoms with Gasteiger partial charge in [-0.3, -0.25) is 0 Å². The van der Waals surface area contributed by atoms with E-state index in [1.54, 1.807) is 6.20 Å². The van der Waals surface area contributed by atoms with E-state index in [0.29, 0.717) is 0 Å². The van der Waals surface area contributed by atoms with Crippen molar-refractivity contribution in [1.29, 1.82) is 0 Å². The van der Waals surface area contributed by atoms with Gasteiger partial charge in [-0.1, -0.05) is 35.3 Å². The summed E-state index contributed by atoms with van der Waals surface area (Å²) in [5, 5.41) is 0. The van der Waals surface area contributed by atoms with Crippen LogP contribution in [-0.2, 0) is 0 Å². The van der Waals surface area contributed by atoms with Crippen molar-refractivity contribution in [2.75, 3.05) is 0 Å². The summed E-state index contributed by atoms with van der Waals surface area (Å²) >= 11 is 0. The van der Waals surface area contributed by atoms with E-state index in [9.17, 15) is 0 Å². The van der Waals surface area contributed by atoms with E-state index in [2.05, 4.69) is 64.8 Å². The minimum atomic E-state index is -4.94. The summed E-state index contributed by atoms with van der Waals surface area (Å²) in [6, 6.07) is 14.8. The number of aromatic nitrogens is 3. The van der Waals surface area contributed by atoms with Crippen LogP contribution in [-0.4, -0.2) is 9.97 Å². The minimum absolute atomic E-state index is 0.856. The monoisotopic (exact) mass is 349 g/mol. The van der Waals surface area contributed by atoms with Crippen LogP contribution in [0.15, 0.2) is 54.9 Å². The van der Waals surface area contributed by atoms with Crippen molar-refractivity contribution < 1.29 is 33.4 Å². The second-order valence-electron chi connectivity index (χ2n) is 5.02. The molecule has 2 aromatic heterocycles. The van der Waals surface area contributed by atoms with Gasteiger partial charge in [0.15, 0.2) is 0 Å². The van der Waals surface area contributed by atoms with Gasteiger partial charge in [0.25, 0.3) is 0 Å². The Morgan fingerprint density at radius 2 is 1.46 bits per heavy atom. The van der Waals surface area contributed by atoms with Crippen LogP contribution >= 0.6 is 0 Å². The van der Waals surface area contributed by atoms with Gasteiger partial charge in [-0.15, -0.1) is 10.2 Å². The first kappa shape index (κ1) is 18.1. The Kier molecular flexibility index (Phi) is 5.66. The topological polar surface area (TPSA) is 125 Å². The van der Waals surface area contributed by atoms with E-state index < -0.39 is 10.2 Å². The average molecular weight is 350 g/mol. The van der Waals surface area contributed by atoms with Crippen molar-refractivity contribution in [2.24, 2.45) is 0 Å². The molecule has 8 heteroatoms. The van der Waals surface area contributed by atoms with E-state index in [1.165, 1.54) is 11.1 Å². The van der Waals surface area contributed by atoms with Gasteiger partial charge in [-0.2, -0.15) is 0 Å². The Morgan fingerprint density at radius 1 is 0.917 bits per heavy atom. The van der Waals surface area contributed by atoms with Gasteiger partial charge in [-0.25, -0.2) is 28.2 Å². The molecule has 0 bridgehead atoms. The van der Waals surface area contributed by atoms with Crippen molar-refractivity contribution in [3.8, 4) is 17.1 Å². The molecule has 0 radical (unpaired) electrons. The highest BCUT2D eigenvalue weighted by Gasteiger charge is 2.14. The molecule has 0 spiro atoms. The summed E-state index contributed by atoms with van der Waals surface area (Å²) in [7, 11) is -4.94. The van der Waals surface area contributed by atoms with Crippen LogP contribution in [0.1, 0.15) is 11.4 Å². The molecule has 0 aliphatic rings. The highest BCUT2D eigenvalue weighted by Crippen LogP contribution is 2.20. The lowest BCUT2D eigenvalue weighted by Crippen LogP contribution is -2.68. The highest BCUT2D eigenvalue weighted by molar-refractivity contribution is 5.63. The fourth-order valence-electron chi connectivity index (χ4n) is 2.41. The van der Waals surface area contributed by atoms with Gasteiger partial charge in [-0.05, 0) is 37.1 Å². The van der Waals surface area contributed by atoms with Crippen LogP contribution in [0.5, 0.6) is 0 Å². The fraction of sp³-hybridized carbons (Fsp3) is 0.125. The molecule has 1 aromatic carbocycles. The van der Waals surface area contributed by atoms with Crippen molar-refractivity contribution in [3.05, 3.63) is 66.2 Å². The number of aryl methyl sites for hydroxylation is 2. The van der Waals surface area contributed by atoms with E-state index in [-0.39, 0.29) is 0 Å². The zero-order chi connectivity index (χ0) is 17.7. The lowest BCUT2D eigenvalue weighted by atomic mass is 10.0. The van der Waals surface area contributed by atoms with Crippen LogP contribution in [0.3, 0.4) is 0 Å². The lowest BCUT2D eigenvalue weighted by molar-refractivity contribution is -2.00. The summed E-state index contributed by atoms with van der Waals surface area (Å²) in [6.45, 7) is 4.20. The second kappa shape index (κ2) is 7.52. The average Bonchev–Trinajstić information content (AvgIpc) is 2.99. The Labute approximate surface area is 141 Å². The van der Waals surface area contributed by atoms with Crippen LogP contribution in [0.25, 0.3) is 17.1 Å². The standard InChI is InChI=1S/C16H16N3.ClHO4/c1-12-10-15(14-6-4-3-5-7-14)11-13(2)19(12)16-17-8-9-18-16;2-1(3,4)5/h3-11H,1-2H3,(H,17,18);(H,2,3,4,5)/q+1;/p-1. The number of nitrogens with one attached hydrogen (secondary N) is 1. The fourth-order valence-corrected chi connectivity index (χ4v) is 2.41. The molecule has 1 N–H and O–H groups in total. The summed E-state index contributed by atoms with van der Waals surface area (Å²) < 4.78 is 36.1. The van der Waals surface area contributed by atoms with E-state index >= 15 is 0 Å². The molecule has 24 heavy (non-hydrogen) atoms. The maximum atomic E-state index is 8.49. The Morgan fingerprint density at radius 3 is 1.92 bits per heavy atom. The molecular weight excluding hydrogens is 334 g/mol. The third-order valence-electron chi connectivity index (χ3n) is 3.24. The number of imidazole rings is 1. The smallest absolute Gasteiger partial charge is 0.245 e. The van der Waals surface area contributed by atoms with Gasteiger partial charge in [0, 0.05) is 0 Å². The Balaban J connectivity index is 0.000000368. The number of nitrogens with zero attached hydrogens (tertiary/aromatic N) is 2. The van der Waals surface area contributed by atoms with Crippen LogP contribution in [0, 0.1) is 24.1 Å².